The van der Waals surface area contributed by atoms with Gasteiger partial charge in [0.2, 0.25) is 11.7 Å². The second-order valence-electron chi connectivity index (χ2n) is 7.99. The summed E-state index contributed by atoms with van der Waals surface area (Å²) in [7, 11) is 0. The van der Waals surface area contributed by atoms with E-state index in [1.165, 1.54) is 11.0 Å². The van der Waals surface area contributed by atoms with Crippen molar-refractivity contribution in [2.24, 2.45) is 5.16 Å². The van der Waals surface area contributed by atoms with Gasteiger partial charge in [-0.25, -0.2) is 14.3 Å². The van der Waals surface area contributed by atoms with Gasteiger partial charge >= 0.3 is 11.6 Å². The van der Waals surface area contributed by atoms with Crippen LogP contribution >= 0.6 is 23.1 Å². The van der Waals surface area contributed by atoms with E-state index >= 15 is 0 Å². The zero-order valence-electron chi connectivity index (χ0n) is 18.9. The highest BCUT2D eigenvalue weighted by atomic mass is 32.2. The quantitative estimate of drug-likeness (QED) is 0.0879. The molecule has 1 saturated heterocycles. The van der Waals surface area contributed by atoms with E-state index in [0.29, 0.717) is 17.7 Å². The number of carbonyl (C=O) groups excluding carboxylic acids is 2. The van der Waals surface area contributed by atoms with E-state index in [1.54, 1.807) is 40.5 Å². The number of fused-ring (bicyclic) bond motifs is 2. The molecule has 2 amide bonds. The van der Waals surface area contributed by atoms with Crippen LogP contribution in [-0.2, 0) is 25.8 Å². The highest BCUT2D eigenvalue weighted by molar-refractivity contribution is 8.01. The lowest BCUT2D eigenvalue weighted by Crippen LogP contribution is -2.60. The highest BCUT2D eigenvalue weighted by Gasteiger charge is 2.56. The zero-order valence-corrected chi connectivity index (χ0v) is 20.5. The van der Waals surface area contributed by atoms with Gasteiger partial charge in [-0.05, 0) is 6.08 Å². The average molecular weight is 543 g/mol. The molecular formula is C21H20N9O5S2+. The van der Waals surface area contributed by atoms with Gasteiger partial charge in [-0.15, -0.1) is 11.3 Å². The summed E-state index contributed by atoms with van der Waals surface area (Å²) in [4.78, 5) is 41.6. The molecule has 0 saturated carbocycles. The smallest absolute Gasteiger partial charge is 0.353 e. The maximum atomic E-state index is 12.6. The lowest BCUT2D eigenvalue weighted by atomic mass is 9.96. The van der Waals surface area contributed by atoms with Crippen LogP contribution in [0.25, 0.3) is 5.65 Å². The van der Waals surface area contributed by atoms with Crippen LogP contribution in [0.3, 0.4) is 0 Å². The van der Waals surface area contributed by atoms with Crippen molar-refractivity contribution >= 4 is 63.7 Å². The van der Waals surface area contributed by atoms with Crippen LogP contribution < -0.4 is 21.4 Å². The van der Waals surface area contributed by atoms with Crippen molar-refractivity contribution in [3.8, 4) is 0 Å². The molecule has 2 atom stereocenters. The standard InChI is InChI=1S/C21H19N9O5S2/c22-13-4-7-28(15-3-5-24-30(13)15)6-1-2-11-18(19(33)34)29-16(32)8-17(29)37-21(11,27-14(31)9-25-35)12-10-36-20(23)26-12/h1-5,7,9-10,17,22H,6,8H2,(H5,23,26,27,31,33,34,35)/p+1/t17-,21?/m0/s1. The molecule has 37 heavy (non-hydrogen) atoms. The van der Waals surface area contributed by atoms with Gasteiger partial charge in [0.15, 0.2) is 10.0 Å². The molecule has 16 heteroatoms. The van der Waals surface area contributed by atoms with Crippen LogP contribution in [0, 0.1) is 0 Å². The number of carboxylic acids is 1. The number of allylic oxidation sites excluding steroid dienone is 1. The molecule has 1 fully saturated rings. The summed E-state index contributed by atoms with van der Waals surface area (Å²) in [5, 5.41) is 30.0. The molecule has 5 heterocycles. The Morgan fingerprint density at radius 2 is 2.19 bits per heavy atom. The monoisotopic (exact) mass is 542 g/mol. The predicted octanol–water partition coefficient (Wildman–Crippen LogP) is -0.128. The first kappa shape index (κ1) is 24.3. The molecule has 0 bridgehead atoms. The number of aliphatic carboxylic acids is 1. The number of thiazole rings is 1. The molecule has 0 spiro atoms. The summed E-state index contributed by atoms with van der Waals surface area (Å²) in [6, 6.07) is 3.44. The molecule has 14 nitrogen and oxygen atoms in total. The minimum Gasteiger partial charge on any atom is -0.477 e. The number of thioether (sulfide) groups is 1. The molecule has 7 N–H and O–H groups in total. The maximum Gasteiger partial charge on any atom is 0.353 e. The lowest BCUT2D eigenvalue weighted by molar-refractivity contribution is -0.664. The number of oxime groups is 1. The summed E-state index contributed by atoms with van der Waals surface area (Å²) in [6.45, 7) is 0.273. The number of aromatic nitrogens is 4. The van der Waals surface area contributed by atoms with E-state index in [2.05, 4.69) is 20.6 Å². The molecule has 190 valence electrons. The summed E-state index contributed by atoms with van der Waals surface area (Å²) in [5.74, 6) is -2.07. The minimum absolute atomic E-state index is 0.0737. The Balaban J connectivity index is 1.66. The van der Waals surface area contributed by atoms with Crippen molar-refractivity contribution < 1.29 is 29.3 Å². The fourth-order valence-electron chi connectivity index (χ4n) is 4.26. The first-order chi connectivity index (χ1) is 17.7. The molecule has 3 aromatic heterocycles. The van der Waals surface area contributed by atoms with Crippen LogP contribution in [0.5, 0.6) is 0 Å². The largest absolute Gasteiger partial charge is 0.477 e. The van der Waals surface area contributed by atoms with Gasteiger partial charge in [0.1, 0.15) is 18.5 Å². The summed E-state index contributed by atoms with van der Waals surface area (Å²) >= 11 is 2.26. The number of amides is 2. The zero-order chi connectivity index (χ0) is 26.3. The number of hydrogen-bond donors (Lipinski definition) is 5. The number of nitrogen functional groups attached to an aromatic ring is 2. The Kier molecular flexibility index (Phi) is 6.04. The summed E-state index contributed by atoms with van der Waals surface area (Å²) in [5.41, 5.74) is 12.6. The van der Waals surface area contributed by atoms with Crippen LogP contribution in [0.15, 0.2) is 58.5 Å². The number of carbonyl (C=O) groups is 3. The number of hydrogen-bond acceptors (Lipinski definition) is 11. The van der Waals surface area contributed by atoms with Crippen molar-refractivity contribution in [3.63, 3.8) is 0 Å². The number of β-lactam (4-membered cyclic amide) rings is 1. The van der Waals surface area contributed by atoms with Crippen LogP contribution in [-0.4, -0.2) is 59.2 Å². The number of nitrogens with one attached hydrogen (secondary N) is 1. The van der Waals surface area contributed by atoms with Crippen molar-refractivity contribution in [2.45, 2.75) is 23.2 Å². The fraction of sp³-hybridized carbons (Fsp3) is 0.190. The Morgan fingerprint density at radius 3 is 2.86 bits per heavy atom. The van der Waals surface area contributed by atoms with Crippen LogP contribution in [0.2, 0.25) is 0 Å². The van der Waals surface area contributed by atoms with Gasteiger partial charge in [0, 0.05) is 17.0 Å². The Labute approximate surface area is 216 Å². The molecule has 0 aromatic carbocycles. The SMILES string of the molecule is Nc1nc(C2(NC(=O)C=NO)S[C@H]3CC(=O)N3C(C(=O)O)=C2C=CC[n+]2ccc(N)n3nccc32)cs1. The van der Waals surface area contributed by atoms with Gasteiger partial charge in [-0.1, -0.05) is 32.6 Å². The highest BCUT2D eigenvalue weighted by Crippen LogP contribution is 2.54. The molecule has 0 radical (unpaired) electrons. The predicted molar refractivity (Wildman–Crippen MR) is 133 cm³/mol. The lowest BCUT2D eigenvalue weighted by Gasteiger charge is -2.50. The molecule has 1 unspecified atom stereocenters. The van der Waals surface area contributed by atoms with E-state index in [4.69, 9.17) is 16.7 Å². The van der Waals surface area contributed by atoms with Crippen LogP contribution in [0.1, 0.15) is 12.1 Å². The van der Waals surface area contributed by atoms with Gasteiger partial charge in [0.25, 0.3) is 5.91 Å². The first-order valence-corrected chi connectivity index (χ1v) is 12.5. The third kappa shape index (κ3) is 4.05. The number of anilines is 2. The van der Waals surface area contributed by atoms with Gasteiger partial charge in [0.05, 0.1) is 35.9 Å². The molecule has 3 aromatic rings. The molecule has 0 aliphatic carbocycles. The average Bonchev–Trinajstić information content (AvgIpc) is 3.51. The van der Waals surface area contributed by atoms with Gasteiger partial charge < -0.3 is 27.1 Å². The Morgan fingerprint density at radius 1 is 1.38 bits per heavy atom. The number of rotatable bonds is 7. The van der Waals surface area contributed by atoms with E-state index in [0.717, 1.165) is 23.1 Å². The Hall–Kier alpha value is -4.44. The van der Waals surface area contributed by atoms with Gasteiger partial charge in [-0.2, -0.15) is 0 Å². The number of nitrogens with two attached hydrogens (primary N) is 2. The third-order valence-corrected chi connectivity index (χ3v) is 8.04. The van der Waals surface area contributed by atoms with Crippen molar-refractivity contribution in [1.29, 1.82) is 0 Å². The third-order valence-electron chi connectivity index (χ3n) is 5.83. The number of carboxylic acid groups (broad SMARTS) is 1. The first-order valence-electron chi connectivity index (χ1n) is 10.7. The fourth-order valence-corrected chi connectivity index (χ4v) is 6.59. The van der Waals surface area contributed by atoms with E-state index in [1.807, 2.05) is 4.57 Å². The van der Waals surface area contributed by atoms with Crippen LogP contribution in [0.4, 0.5) is 10.9 Å². The van der Waals surface area contributed by atoms with Crippen molar-refractivity contribution in [1.82, 2.24) is 24.8 Å². The maximum absolute atomic E-state index is 12.6. The van der Waals surface area contributed by atoms with E-state index in [-0.39, 0.29) is 41.0 Å². The molecular weight excluding hydrogens is 522 g/mol. The second-order valence-corrected chi connectivity index (χ2v) is 10.3. The number of nitrogens with zero attached hydrogens (tertiary/aromatic N) is 6. The molecule has 5 rings (SSSR count). The molecule has 2 aliphatic rings. The van der Waals surface area contributed by atoms with Crippen molar-refractivity contribution in [3.05, 3.63) is 59.0 Å². The topological polar surface area (TPSA) is 205 Å². The normalized spacial score (nSPS) is 21.6. The van der Waals surface area contributed by atoms with Crippen molar-refractivity contribution in [2.75, 3.05) is 11.5 Å². The Bertz CT molecular complexity index is 1530. The summed E-state index contributed by atoms with van der Waals surface area (Å²) in [6.07, 6.45) is 7.29. The van der Waals surface area contributed by atoms with E-state index < -0.39 is 22.1 Å². The molecule has 2 aliphatic heterocycles. The van der Waals surface area contributed by atoms with Gasteiger partial charge in [-0.3, -0.25) is 14.5 Å². The second kappa shape index (κ2) is 9.21. The summed E-state index contributed by atoms with van der Waals surface area (Å²) < 4.78 is 3.38. The minimum atomic E-state index is -1.55. The van der Waals surface area contributed by atoms with E-state index in [9.17, 15) is 19.5 Å².